The number of carbonyl (C=O) groups is 2. The number of ether oxygens (including phenoxy) is 3. The van der Waals surface area contributed by atoms with Gasteiger partial charge in [0, 0.05) is 5.56 Å². The standard InChI is InChI=1S/C30H28N2O6S/c1-4-36-20-12-10-18(11-13-20)26-25(27(33)19-8-7-9-21(16-19)37-5-2)28(34)29(35)32(26)30-31-23-15-14-22(38-6-3)17-24(23)39-30/h7-17,26,33H,4-6H2,1-3H3. The van der Waals surface area contributed by atoms with Crippen molar-refractivity contribution in [2.45, 2.75) is 26.8 Å². The molecule has 1 unspecified atom stereocenters. The lowest BCUT2D eigenvalue weighted by Gasteiger charge is -2.23. The summed E-state index contributed by atoms with van der Waals surface area (Å²) < 4.78 is 17.6. The molecular weight excluding hydrogens is 516 g/mol. The molecule has 2 heterocycles. The first-order valence-corrected chi connectivity index (χ1v) is 13.6. The van der Waals surface area contributed by atoms with Gasteiger partial charge in [0.05, 0.1) is 41.7 Å². The molecule has 0 spiro atoms. The van der Waals surface area contributed by atoms with Crippen LogP contribution in [0.1, 0.15) is 37.9 Å². The van der Waals surface area contributed by atoms with Gasteiger partial charge in [-0.25, -0.2) is 4.98 Å². The minimum absolute atomic E-state index is 0.0212. The molecule has 200 valence electrons. The van der Waals surface area contributed by atoms with Crippen LogP contribution < -0.4 is 19.1 Å². The van der Waals surface area contributed by atoms with Gasteiger partial charge in [-0.05, 0) is 68.8 Å². The lowest BCUT2D eigenvalue weighted by molar-refractivity contribution is -0.132. The molecule has 1 saturated heterocycles. The average molecular weight is 545 g/mol. The molecule has 0 radical (unpaired) electrons. The Labute approximate surface area is 230 Å². The van der Waals surface area contributed by atoms with Crippen LogP contribution in [-0.4, -0.2) is 41.6 Å². The number of rotatable bonds is 9. The van der Waals surface area contributed by atoms with E-state index in [0.717, 1.165) is 4.70 Å². The molecule has 1 amide bonds. The van der Waals surface area contributed by atoms with E-state index in [1.165, 1.54) is 16.2 Å². The predicted molar refractivity (Wildman–Crippen MR) is 151 cm³/mol. The van der Waals surface area contributed by atoms with Crippen LogP contribution in [0.2, 0.25) is 0 Å². The summed E-state index contributed by atoms with van der Waals surface area (Å²) in [6.45, 7) is 7.13. The number of hydrogen-bond acceptors (Lipinski definition) is 8. The molecule has 3 aromatic carbocycles. The van der Waals surface area contributed by atoms with E-state index in [9.17, 15) is 14.7 Å². The summed E-state index contributed by atoms with van der Waals surface area (Å²) in [7, 11) is 0. The van der Waals surface area contributed by atoms with Gasteiger partial charge in [-0.2, -0.15) is 0 Å². The van der Waals surface area contributed by atoms with Crippen molar-refractivity contribution in [1.82, 2.24) is 4.98 Å². The SMILES string of the molecule is CCOc1ccc(C2C(=C(O)c3cccc(OCC)c3)C(=O)C(=O)N2c2nc3ccc(OCC)cc3s2)cc1. The second-order valence-electron chi connectivity index (χ2n) is 8.69. The van der Waals surface area contributed by atoms with E-state index in [0.29, 0.717) is 58.8 Å². The Bertz CT molecular complexity index is 1560. The molecule has 0 saturated carbocycles. The fourth-order valence-electron chi connectivity index (χ4n) is 4.57. The second kappa shape index (κ2) is 11.2. The molecule has 1 atom stereocenters. The van der Waals surface area contributed by atoms with Gasteiger partial charge in [-0.3, -0.25) is 14.5 Å². The van der Waals surface area contributed by atoms with Crippen LogP contribution >= 0.6 is 11.3 Å². The molecule has 1 fully saturated rings. The highest BCUT2D eigenvalue weighted by Crippen LogP contribution is 2.45. The van der Waals surface area contributed by atoms with E-state index >= 15 is 0 Å². The summed E-state index contributed by atoms with van der Waals surface area (Å²) in [6.07, 6.45) is 0. The van der Waals surface area contributed by atoms with Crippen LogP contribution in [0.5, 0.6) is 17.2 Å². The Morgan fingerprint density at radius 3 is 2.21 bits per heavy atom. The van der Waals surface area contributed by atoms with Crippen molar-refractivity contribution in [3.63, 3.8) is 0 Å². The zero-order valence-electron chi connectivity index (χ0n) is 21.8. The normalized spacial score (nSPS) is 16.6. The van der Waals surface area contributed by atoms with Gasteiger partial charge in [0.2, 0.25) is 0 Å². The minimum Gasteiger partial charge on any atom is -0.507 e. The highest BCUT2D eigenvalue weighted by molar-refractivity contribution is 7.22. The number of aliphatic hydroxyl groups is 1. The number of amides is 1. The van der Waals surface area contributed by atoms with Crippen LogP contribution in [0.3, 0.4) is 0 Å². The maximum atomic E-state index is 13.5. The molecular formula is C30H28N2O6S. The highest BCUT2D eigenvalue weighted by Gasteiger charge is 2.48. The summed E-state index contributed by atoms with van der Waals surface area (Å²) in [6, 6.07) is 18.6. The summed E-state index contributed by atoms with van der Waals surface area (Å²) in [4.78, 5) is 33.1. The average Bonchev–Trinajstić information content (AvgIpc) is 3.47. The molecule has 1 aliphatic rings. The first-order valence-electron chi connectivity index (χ1n) is 12.8. The number of nitrogens with zero attached hydrogens (tertiary/aromatic N) is 2. The van der Waals surface area contributed by atoms with Gasteiger partial charge in [-0.1, -0.05) is 35.6 Å². The topological polar surface area (TPSA) is 98.2 Å². The van der Waals surface area contributed by atoms with Gasteiger partial charge in [0.25, 0.3) is 5.78 Å². The zero-order valence-corrected chi connectivity index (χ0v) is 22.7. The Kier molecular flexibility index (Phi) is 7.51. The first-order chi connectivity index (χ1) is 18.9. The fraction of sp³-hybridized carbons (Fsp3) is 0.233. The number of Topliss-reactive ketones (excluding diaryl/α,β-unsaturated/α-hetero) is 1. The number of carbonyl (C=O) groups excluding carboxylic acids is 2. The highest BCUT2D eigenvalue weighted by atomic mass is 32.1. The summed E-state index contributed by atoms with van der Waals surface area (Å²) in [5.41, 5.74) is 1.66. The van der Waals surface area contributed by atoms with Gasteiger partial charge >= 0.3 is 5.91 Å². The van der Waals surface area contributed by atoms with Crippen LogP contribution in [0.25, 0.3) is 16.0 Å². The van der Waals surface area contributed by atoms with E-state index in [-0.39, 0.29) is 11.3 Å². The maximum Gasteiger partial charge on any atom is 0.301 e. The minimum atomic E-state index is -0.900. The quantitative estimate of drug-likeness (QED) is 0.154. The molecule has 1 N–H and O–H groups in total. The van der Waals surface area contributed by atoms with Crippen LogP contribution in [-0.2, 0) is 9.59 Å². The van der Waals surface area contributed by atoms with E-state index in [1.54, 1.807) is 48.5 Å². The third-order valence-corrected chi connectivity index (χ3v) is 7.25. The van der Waals surface area contributed by atoms with Crippen molar-refractivity contribution in [3.8, 4) is 17.2 Å². The van der Waals surface area contributed by atoms with Crippen molar-refractivity contribution in [2.24, 2.45) is 0 Å². The third kappa shape index (κ3) is 5.05. The smallest absolute Gasteiger partial charge is 0.301 e. The Morgan fingerprint density at radius 1 is 0.872 bits per heavy atom. The molecule has 39 heavy (non-hydrogen) atoms. The summed E-state index contributed by atoms with van der Waals surface area (Å²) in [5, 5.41) is 11.8. The fourth-order valence-corrected chi connectivity index (χ4v) is 5.59. The molecule has 4 aromatic rings. The van der Waals surface area contributed by atoms with Crippen molar-refractivity contribution >= 4 is 44.1 Å². The number of aliphatic hydroxyl groups excluding tert-OH is 1. The van der Waals surface area contributed by atoms with Crippen molar-refractivity contribution in [3.05, 3.63) is 83.4 Å². The largest absolute Gasteiger partial charge is 0.507 e. The number of benzene rings is 3. The van der Waals surface area contributed by atoms with Gasteiger partial charge in [0.15, 0.2) is 5.13 Å². The Balaban J connectivity index is 1.66. The van der Waals surface area contributed by atoms with Crippen molar-refractivity contribution in [2.75, 3.05) is 24.7 Å². The monoisotopic (exact) mass is 544 g/mol. The number of anilines is 1. The number of fused-ring (bicyclic) bond motifs is 1. The van der Waals surface area contributed by atoms with E-state index < -0.39 is 17.7 Å². The molecule has 8 nitrogen and oxygen atoms in total. The van der Waals surface area contributed by atoms with Crippen LogP contribution in [0.4, 0.5) is 5.13 Å². The number of hydrogen-bond donors (Lipinski definition) is 1. The summed E-state index contributed by atoms with van der Waals surface area (Å²) >= 11 is 1.28. The number of thiazole rings is 1. The van der Waals surface area contributed by atoms with Gasteiger partial charge in [0.1, 0.15) is 23.0 Å². The van der Waals surface area contributed by atoms with Gasteiger partial charge < -0.3 is 19.3 Å². The Morgan fingerprint density at radius 2 is 1.51 bits per heavy atom. The lowest BCUT2D eigenvalue weighted by atomic mass is 9.95. The third-order valence-electron chi connectivity index (χ3n) is 6.24. The molecule has 0 aliphatic carbocycles. The lowest BCUT2D eigenvalue weighted by Crippen LogP contribution is -2.29. The zero-order chi connectivity index (χ0) is 27.5. The molecule has 9 heteroatoms. The van der Waals surface area contributed by atoms with Crippen molar-refractivity contribution in [1.29, 1.82) is 0 Å². The Hall–Kier alpha value is -4.37. The molecule has 1 aromatic heterocycles. The van der Waals surface area contributed by atoms with E-state index in [4.69, 9.17) is 14.2 Å². The van der Waals surface area contributed by atoms with Crippen LogP contribution in [0, 0.1) is 0 Å². The van der Waals surface area contributed by atoms with E-state index in [1.807, 2.05) is 39.0 Å². The predicted octanol–water partition coefficient (Wildman–Crippen LogP) is 6.12. The van der Waals surface area contributed by atoms with Crippen LogP contribution in [0.15, 0.2) is 72.3 Å². The molecule has 5 rings (SSSR count). The number of ketones is 1. The summed E-state index contributed by atoms with van der Waals surface area (Å²) in [5.74, 6) is 0.0641. The first kappa shape index (κ1) is 26.2. The van der Waals surface area contributed by atoms with E-state index in [2.05, 4.69) is 4.98 Å². The number of aromatic nitrogens is 1. The second-order valence-corrected chi connectivity index (χ2v) is 9.70. The molecule has 1 aliphatic heterocycles. The van der Waals surface area contributed by atoms with Crippen molar-refractivity contribution < 1.29 is 28.9 Å². The maximum absolute atomic E-state index is 13.5. The molecule has 0 bridgehead atoms. The van der Waals surface area contributed by atoms with Gasteiger partial charge in [-0.15, -0.1) is 0 Å².